The van der Waals surface area contributed by atoms with Gasteiger partial charge in [-0.2, -0.15) is 0 Å². The van der Waals surface area contributed by atoms with Crippen LogP contribution < -0.4 is 22.5 Å². The first-order valence-electron chi connectivity index (χ1n) is 9.70. The highest BCUT2D eigenvalue weighted by atomic mass is 16.2. The van der Waals surface area contributed by atoms with Gasteiger partial charge in [-0.3, -0.25) is 24.8 Å². The summed E-state index contributed by atoms with van der Waals surface area (Å²) in [6, 6.07) is 0. The lowest BCUT2D eigenvalue weighted by atomic mass is 9.75. The Bertz CT molecular complexity index is 578. The zero-order valence-corrected chi connectivity index (χ0v) is 15.9. The maximum atomic E-state index is 13.3. The van der Waals surface area contributed by atoms with Crippen LogP contribution in [0, 0.1) is 0 Å². The third-order valence-corrected chi connectivity index (χ3v) is 5.51. The molecule has 9 heteroatoms. The van der Waals surface area contributed by atoms with Gasteiger partial charge in [-0.25, -0.2) is 0 Å². The predicted molar refractivity (Wildman–Crippen MR) is 103 cm³/mol. The summed E-state index contributed by atoms with van der Waals surface area (Å²) in [6.07, 6.45) is 5.27. The van der Waals surface area contributed by atoms with Crippen LogP contribution in [-0.2, 0) is 14.4 Å². The fraction of sp³-hybridized carbons (Fsp3) is 0.778. The van der Waals surface area contributed by atoms with Crippen molar-refractivity contribution >= 4 is 23.8 Å². The molecule has 0 unspecified atom stereocenters. The molecule has 0 amide bonds. The van der Waals surface area contributed by atoms with Gasteiger partial charge in [0.2, 0.25) is 0 Å². The Morgan fingerprint density at radius 2 is 1.89 bits per heavy atom. The number of rotatable bonds is 10. The molecule has 2 heterocycles. The molecule has 2 saturated heterocycles. The molecule has 0 spiro atoms. The summed E-state index contributed by atoms with van der Waals surface area (Å²) in [6.45, 7) is 2.75. The van der Waals surface area contributed by atoms with E-state index in [9.17, 15) is 14.4 Å². The Morgan fingerprint density at radius 1 is 1.19 bits per heavy atom. The van der Waals surface area contributed by atoms with Gasteiger partial charge in [-0.05, 0) is 58.2 Å². The van der Waals surface area contributed by atoms with Gasteiger partial charge in [-0.1, -0.05) is 6.42 Å². The summed E-state index contributed by atoms with van der Waals surface area (Å²) in [5.41, 5.74) is 13.6. The van der Waals surface area contributed by atoms with Crippen molar-refractivity contribution in [1.82, 2.24) is 10.2 Å². The molecule has 2 aliphatic rings. The highest BCUT2D eigenvalue weighted by molar-refractivity contribution is 6.20. The highest BCUT2D eigenvalue weighted by Crippen LogP contribution is 2.28. The van der Waals surface area contributed by atoms with Crippen molar-refractivity contribution in [3.05, 3.63) is 0 Å². The number of guanidine groups is 1. The van der Waals surface area contributed by atoms with E-state index in [1.807, 2.05) is 0 Å². The molecule has 7 N–H and O–H groups in total. The molecule has 152 valence electrons. The second-order valence-electron chi connectivity index (χ2n) is 7.59. The van der Waals surface area contributed by atoms with Crippen molar-refractivity contribution in [2.45, 2.75) is 56.0 Å². The van der Waals surface area contributed by atoms with E-state index >= 15 is 0 Å². The minimum absolute atomic E-state index is 0.0549. The van der Waals surface area contributed by atoms with Crippen LogP contribution in [0.25, 0.3) is 0 Å². The largest absolute Gasteiger partial charge is 0.370 e. The SMILES string of the molecule is NC(N)=NCCC[C@](N)(C=O)C(=O)[C@]1(C(=O)CN2CCCCC2)CCCN1. The van der Waals surface area contributed by atoms with Crippen molar-refractivity contribution in [1.29, 1.82) is 0 Å². The van der Waals surface area contributed by atoms with Crippen LogP contribution in [0.5, 0.6) is 0 Å². The monoisotopic (exact) mass is 380 g/mol. The molecule has 2 aliphatic heterocycles. The Kier molecular flexibility index (Phi) is 7.46. The van der Waals surface area contributed by atoms with E-state index in [1.165, 1.54) is 6.42 Å². The smallest absolute Gasteiger partial charge is 0.187 e. The number of nitrogens with one attached hydrogen (secondary N) is 1. The molecular formula is C18H32N6O3. The van der Waals surface area contributed by atoms with Gasteiger partial charge < -0.3 is 22.0 Å². The quantitative estimate of drug-likeness (QED) is 0.119. The highest BCUT2D eigenvalue weighted by Gasteiger charge is 2.54. The third kappa shape index (κ3) is 5.12. The Hall–Kier alpha value is -1.84. The lowest BCUT2D eigenvalue weighted by Crippen LogP contribution is -2.67. The maximum absolute atomic E-state index is 13.3. The van der Waals surface area contributed by atoms with Gasteiger partial charge in [0.05, 0.1) is 6.54 Å². The first-order chi connectivity index (χ1) is 12.8. The summed E-state index contributed by atoms with van der Waals surface area (Å²) >= 11 is 0. The molecule has 2 atom stereocenters. The normalized spacial score (nSPS) is 25.5. The number of hydrogen-bond acceptors (Lipinski definition) is 7. The van der Waals surface area contributed by atoms with Crippen LogP contribution in [0.1, 0.15) is 44.9 Å². The average molecular weight is 380 g/mol. The minimum atomic E-state index is -1.73. The van der Waals surface area contributed by atoms with E-state index in [0.29, 0.717) is 32.1 Å². The molecule has 0 bridgehead atoms. The van der Waals surface area contributed by atoms with E-state index in [4.69, 9.17) is 17.2 Å². The molecule has 0 aliphatic carbocycles. The number of nitrogens with zero attached hydrogens (tertiary/aromatic N) is 2. The molecule has 2 rings (SSSR count). The molecule has 2 fully saturated rings. The number of carbonyl (C=O) groups excluding carboxylic acids is 3. The number of piperidine rings is 1. The lowest BCUT2D eigenvalue weighted by Gasteiger charge is -2.36. The molecule has 27 heavy (non-hydrogen) atoms. The first kappa shape index (κ1) is 21.5. The molecule has 0 aromatic heterocycles. The number of likely N-dealkylation sites (tertiary alicyclic amines) is 1. The van der Waals surface area contributed by atoms with Crippen LogP contribution in [0.4, 0.5) is 0 Å². The summed E-state index contributed by atoms with van der Waals surface area (Å²) in [5.74, 6) is -0.775. The zero-order valence-electron chi connectivity index (χ0n) is 15.9. The van der Waals surface area contributed by atoms with Crippen molar-refractivity contribution in [2.24, 2.45) is 22.2 Å². The van der Waals surface area contributed by atoms with E-state index in [0.717, 1.165) is 25.9 Å². The first-order valence-corrected chi connectivity index (χ1v) is 9.70. The van der Waals surface area contributed by atoms with Crippen molar-refractivity contribution in [3.8, 4) is 0 Å². The standard InChI is InChI=1S/C18H32N6O3/c19-16(20)22-8-4-6-17(21,13-25)15(27)18(7-5-9-23-18)14(26)12-24-10-2-1-3-11-24/h13,23H,1-12,21H2,(H4,19,20,22)/t17-,18+/m0/s1. The fourth-order valence-corrected chi connectivity index (χ4v) is 3.96. The van der Waals surface area contributed by atoms with E-state index in [-0.39, 0.29) is 31.3 Å². The molecule has 0 radical (unpaired) electrons. The average Bonchev–Trinajstić information content (AvgIpc) is 3.16. The summed E-state index contributed by atoms with van der Waals surface area (Å²) in [5, 5.41) is 3.08. The summed E-state index contributed by atoms with van der Waals surface area (Å²) < 4.78 is 0. The van der Waals surface area contributed by atoms with Gasteiger partial charge in [0.1, 0.15) is 17.4 Å². The van der Waals surface area contributed by atoms with Crippen LogP contribution in [0.3, 0.4) is 0 Å². The van der Waals surface area contributed by atoms with Crippen LogP contribution in [0.2, 0.25) is 0 Å². The van der Waals surface area contributed by atoms with Crippen molar-refractivity contribution in [3.63, 3.8) is 0 Å². The predicted octanol–water partition coefficient (Wildman–Crippen LogP) is -1.32. The second kappa shape index (κ2) is 9.38. The Balaban J connectivity index is 2.11. The molecule has 0 aromatic rings. The van der Waals surface area contributed by atoms with Crippen molar-refractivity contribution in [2.75, 3.05) is 32.7 Å². The molecule has 0 saturated carbocycles. The molecule has 0 aromatic carbocycles. The summed E-state index contributed by atoms with van der Waals surface area (Å²) in [7, 11) is 0. The summed E-state index contributed by atoms with van der Waals surface area (Å²) in [4.78, 5) is 44.1. The van der Waals surface area contributed by atoms with Gasteiger partial charge in [-0.15, -0.1) is 0 Å². The second-order valence-corrected chi connectivity index (χ2v) is 7.59. The van der Waals surface area contributed by atoms with E-state index in [2.05, 4.69) is 15.2 Å². The van der Waals surface area contributed by atoms with E-state index in [1.54, 1.807) is 0 Å². The number of Topliss-reactive ketones (excluding diaryl/α,β-unsaturated/α-hetero) is 2. The number of ketones is 2. The zero-order chi connectivity index (χ0) is 19.9. The number of nitrogens with two attached hydrogens (primary N) is 3. The van der Waals surface area contributed by atoms with Gasteiger partial charge >= 0.3 is 0 Å². The van der Waals surface area contributed by atoms with Crippen LogP contribution in [0.15, 0.2) is 4.99 Å². The number of carbonyl (C=O) groups is 3. The van der Waals surface area contributed by atoms with Crippen LogP contribution >= 0.6 is 0 Å². The number of hydrogen-bond donors (Lipinski definition) is 4. The number of aliphatic imine (C=N–C) groups is 1. The Morgan fingerprint density at radius 3 is 2.44 bits per heavy atom. The number of aldehydes is 1. The van der Waals surface area contributed by atoms with Gasteiger partial charge in [0, 0.05) is 6.54 Å². The Labute approximate surface area is 160 Å². The molecular weight excluding hydrogens is 348 g/mol. The minimum Gasteiger partial charge on any atom is -0.370 e. The van der Waals surface area contributed by atoms with Crippen molar-refractivity contribution < 1.29 is 14.4 Å². The maximum Gasteiger partial charge on any atom is 0.187 e. The van der Waals surface area contributed by atoms with Gasteiger partial charge in [0.25, 0.3) is 0 Å². The van der Waals surface area contributed by atoms with Gasteiger partial charge in [0.15, 0.2) is 17.5 Å². The fourth-order valence-electron chi connectivity index (χ4n) is 3.96. The molecule has 9 nitrogen and oxygen atoms in total. The lowest BCUT2D eigenvalue weighted by molar-refractivity contribution is -0.141. The van der Waals surface area contributed by atoms with E-state index < -0.39 is 16.9 Å². The van der Waals surface area contributed by atoms with Crippen LogP contribution in [-0.4, -0.2) is 72.5 Å². The third-order valence-electron chi connectivity index (χ3n) is 5.51. The topological polar surface area (TPSA) is 157 Å².